The number of rotatable bonds is 6. The topological polar surface area (TPSA) is 108 Å². The molecule has 4 aromatic rings. The molecule has 172 valence electrons. The molecule has 4 heterocycles. The average Bonchev–Trinajstić information content (AvgIpc) is 3.53. The van der Waals surface area contributed by atoms with E-state index in [1.807, 2.05) is 30.1 Å². The van der Waals surface area contributed by atoms with Crippen molar-refractivity contribution in [1.29, 1.82) is 0 Å². The zero-order chi connectivity index (χ0) is 23.2. The second kappa shape index (κ2) is 8.23. The number of hydrogen-bond donors (Lipinski definition) is 0. The van der Waals surface area contributed by atoms with Gasteiger partial charge in [-0.2, -0.15) is 14.4 Å². The number of imidazole rings is 1. The van der Waals surface area contributed by atoms with Crippen molar-refractivity contribution in [3.05, 3.63) is 48.5 Å². The smallest absolute Gasteiger partial charge is 0.245 e. The average molecular weight is 468 g/mol. The molecule has 0 bridgehead atoms. The fraction of sp³-hybridized carbons (Fsp3) is 0.364. The van der Waals surface area contributed by atoms with E-state index in [1.54, 1.807) is 36.5 Å². The van der Waals surface area contributed by atoms with Gasteiger partial charge in [0, 0.05) is 25.8 Å². The number of aromatic nitrogens is 6. The van der Waals surface area contributed by atoms with Gasteiger partial charge in [-0.1, -0.05) is 18.2 Å². The van der Waals surface area contributed by atoms with E-state index in [0.717, 1.165) is 23.6 Å². The molecule has 1 aromatic carbocycles. The largest absolute Gasteiger partial charge is 0.471 e. The predicted molar refractivity (Wildman–Crippen MR) is 122 cm³/mol. The third-order valence-electron chi connectivity index (χ3n) is 6.03. The SMILES string of the molecule is CCn1ncc(-c2nc3c(OC4CCN(S(=O)(=O)c5ccccc5)C4)ncnc3n2C)c1C. The van der Waals surface area contributed by atoms with Gasteiger partial charge in [0.15, 0.2) is 11.2 Å². The molecule has 1 fully saturated rings. The van der Waals surface area contributed by atoms with Crippen LogP contribution < -0.4 is 4.74 Å². The van der Waals surface area contributed by atoms with Gasteiger partial charge in [0.1, 0.15) is 18.3 Å². The second-order valence-corrected chi connectivity index (χ2v) is 9.95. The number of sulfonamides is 1. The molecule has 1 saturated heterocycles. The Morgan fingerprint density at radius 3 is 2.70 bits per heavy atom. The monoisotopic (exact) mass is 467 g/mol. The minimum atomic E-state index is -3.56. The molecule has 1 unspecified atom stereocenters. The second-order valence-electron chi connectivity index (χ2n) is 8.01. The van der Waals surface area contributed by atoms with Gasteiger partial charge in [-0.3, -0.25) is 4.68 Å². The van der Waals surface area contributed by atoms with Gasteiger partial charge in [-0.05, 0) is 32.4 Å². The first kappa shape index (κ1) is 21.5. The van der Waals surface area contributed by atoms with Crippen LogP contribution in [0.2, 0.25) is 0 Å². The van der Waals surface area contributed by atoms with Crippen LogP contribution in [0.25, 0.3) is 22.6 Å². The maximum Gasteiger partial charge on any atom is 0.245 e. The summed E-state index contributed by atoms with van der Waals surface area (Å²) in [7, 11) is -1.66. The van der Waals surface area contributed by atoms with Crippen LogP contribution in [0.4, 0.5) is 0 Å². The van der Waals surface area contributed by atoms with Crippen molar-refractivity contribution in [3.63, 3.8) is 0 Å². The number of nitrogens with zero attached hydrogens (tertiary/aromatic N) is 7. The molecular weight excluding hydrogens is 442 g/mol. The lowest BCUT2D eigenvalue weighted by Crippen LogP contribution is -2.31. The maximum atomic E-state index is 12.9. The number of fused-ring (bicyclic) bond motifs is 1. The maximum absolute atomic E-state index is 12.9. The Morgan fingerprint density at radius 1 is 1.18 bits per heavy atom. The van der Waals surface area contributed by atoms with Crippen molar-refractivity contribution in [1.82, 2.24) is 33.6 Å². The normalized spacial score (nSPS) is 17.1. The number of hydrogen-bond acceptors (Lipinski definition) is 7. The molecule has 0 N–H and O–H groups in total. The van der Waals surface area contributed by atoms with E-state index >= 15 is 0 Å². The Hall–Kier alpha value is -3.31. The summed E-state index contributed by atoms with van der Waals surface area (Å²) in [4.78, 5) is 13.8. The van der Waals surface area contributed by atoms with Crippen LogP contribution in [-0.4, -0.2) is 61.2 Å². The molecule has 0 amide bonds. The van der Waals surface area contributed by atoms with E-state index < -0.39 is 10.0 Å². The van der Waals surface area contributed by atoms with E-state index in [1.165, 1.54) is 10.6 Å². The third kappa shape index (κ3) is 3.66. The first-order valence-electron chi connectivity index (χ1n) is 10.8. The highest BCUT2D eigenvalue weighted by atomic mass is 32.2. The minimum Gasteiger partial charge on any atom is -0.471 e. The first-order chi connectivity index (χ1) is 15.9. The highest BCUT2D eigenvalue weighted by Crippen LogP contribution is 2.30. The summed E-state index contributed by atoms with van der Waals surface area (Å²) in [6, 6.07) is 8.45. The predicted octanol–water partition coefficient (Wildman–Crippen LogP) is 2.40. The fourth-order valence-electron chi connectivity index (χ4n) is 4.20. The minimum absolute atomic E-state index is 0.255. The third-order valence-corrected chi connectivity index (χ3v) is 7.91. The van der Waals surface area contributed by atoms with Crippen LogP contribution in [0.15, 0.2) is 47.8 Å². The van der Waals surface area contributed by atoms with Crippen LogP contribution in [0.1, 0.15) is 19.0 Å². The standard InChI is InChI=1S/C22H25N7O3S/c1-4-29-15(2)18(12-25-29)20-26-19-21(27(20)3)23-14-24-22(19)32-16-10-11-28(13-16)33(30,31)17-8-6-5-7-9-17/h5-9,12,14,16H,4,10-11,13H2,1-3H3. The quantitative estimate of drug-likeness (QED) is 0.428. The highest BCUT2D eigenvalue weighted by Gasteiger charge is 2.34. The van der Waals surface area contributed by atoms with Gasteiger partial charge in [0.2, 0.25) is 15.9 Å². The van der Waals surface area contributed by atoms with Crippen molar-refractivity contribution in [2.24, 2.45) is 7.05 Å². The lowest BCUT2D eigenvalue weighted by Gasteiger charge is -2.17. The Balaban J connectivity index is 1.42. The summed E-state index contributed by atoms with van der Waals surface area (Å²) in [5.74, 6) is 1.08. The molecule has 10 nitrogen and oxygen atoms in total. The van der Waals surface area contributed by atoms with Gasteiger partial charge < -0.3 is 9.30 Å². The van der Waals surface area contributed by atoms with Crippen molar-refractivity contribution in [2.75, 3.05) is 13.1 Å². The number of ether oxygens (including phenoxy) is 1. The van der Waals surface area contributed by atoms with Crippen LogP contribution in [0.3, 0.4) is 0 Å². The van der Waals surface area contributed by atoms with E-state index in [2.05, 4.69) is 15.1 Å². The molecule has 0 aliphatic carbocycles. The van der Waals surface area contributed by atoms with Crippen LogP contribution in [0, 0.1) is 6.92 Å². The van der Waals surface area contributed by atoms with Crippen molar-refractivity contribution in [2.45, 2.75) is 37.8 Å². The Bertz CT molecular complexity index is 1410. The zero-order valence-electron chi connectivity index (χ0n) is 18.7. The van der Waals surface area contributed by atoms with Gasteiger partial charge in [-0.25, -0.2) is 18.4 Å². The molecule has 11 heteroatoms. The van der Waals surface area contributed by atoms with E-state index in [9.17, 15) is 8.42 Å². The lowest BCUT2D eigenvalue weighted by molar-refractivity contribution is 0.209. The van der Waals surface area contributed by atoms with Crippen LogP contribution in [-0.2, 0) is 23.6 Å². The Kier molecular flexibility index (Phi) is 5.37. The van der Waals surface area contributed by atoms with E-state index in [-0.39, 0.29) is 17.5 Å². The molecule has 3 aromatic heterocycles. The van der Waals surface area contributed by atoms with Gasteiger partial charge in [0.05, 0.1) is 23.2 Å². The summed E-state index contributed by atoms with van der Waals surface area (Å²) < 4.78 is 37.3. The van der Waals surface area contributed by atoms with Crippen LogP contribution in [0.5, 0.6) is 5.88 Å². The summed E-state index contributed by atoms with van der Waals surface area (Å²) in [6.07, 6.45) is 3.49. The molecule has 0 saturated carbocycles. The lowest BCUT2D eigenvalue weighted by atomic mass is 10.2. The molecule has 1 aliphatic heterocycles. The summed E-state index contributed by atoms with van der Waals surface area (Å²) in [5.41, 5.74) is 3.13. The molecule has 33 heavy (non-hydrogen) atoms. The van der Waals surface area contributed by atoms with E-state index in [4.69, 9.17) is 9.72 Å². The molecule has 0 radical (unpaired) electrons. The van der Waals surface area contributed by atoms with E-state index in [0.29, 0.717) is 30.0 Å². The fourth-order valence-corrected chi connectivity index (χ4v) is 5.71. The number of benzene rings is 1. The molecular formula is C22H25N7O3S. The van der Waals surface area contributed by atoms with Crippen LogP contribution >= 0.6 is 0 Å². The van der Waals surface area contributed by atoms with Crippen molar-refractivity contribution >= 4 is 21.2 Å². The van der Waals surface area contributed by atoms with Crippen molar-refractivity contribution < 1.29 is 13.2 Å². The molecule has 1 aliphatic rings. The summed E-state index contributed by atoms with van der Waals surface area (Å²) >= 11 is 0. The Labute approximate surface area is 191 Å². The number of aryl methyl sites for hydroxylation is 2. The molecule has 0 spiro atoms. The van der Waals surface area contributed by atoms with Gasteiger partial charge >= 0.3 is 0 Å². The molecule has 5 rings (SSSR count). The first-order valence-corrected chi connectivity index (χ1v) is 12.3. The summed E-state index contributed by atoms with van der Waals surface area (Å²) in [5, 5.41) is 4.42. The molecule has 1 atom stereocenters. The van der Waals surface area contributed by atoms with Gasteiger partial charge in [0.25, 0.3) is 0 Å². The highest BCUT2D eigenvalue weighted by molar-refractivity contribution is 7.89. The van der Waals surface area contributed by atoms with Crippen molar-refractivity contribution in [3.8, 4) is 17.3 Å². The Morgan fingerprint density at radius 2 is 1.97 bits per heavy atom. The van der Waals surface area contributed by atoms with Gasteiger partial charge in [-0.15, -0.1) is 0 Å². The summed E-state index contributed by atoms with van der Waals surface area (Å²) in [6.45, 7) is 5.46. The zero-order valence-corrected chi connectivity index (χ0v) is 19.5.